The number of unbranched alkanes of at least 4 members (excludes halogenated alkanes) is 2. The van der Waals surface area contributed by atoms with Crippen molar-refractivity contribution in [3.8, 4) is 5.75 Å². The molecule has 1 radical (unpaired) electrons. The minimum Gasteiger partial charge on any atom is -0.508 e. The smallest absolute Gasteiger partial charge is 0.326 e. The average Bonchev–Trinajstić information content (AvgIpc) is 1.55. The minimum atomic E-state index is -1.68. The third kappa shape index (κ3) is 29.0. The second kappa shape index (κ2) is 43.8. The number of H-pyrrole nitrogens is 1. The second-order valence-corrected chi connectivity index (χ2v) is 26.4. The molecule has 0 saturated carbocycles. The molecule has 34 heteroatoms. The molecule has 0 spiro atoms. The number of nitrogens with two attached hydrogens (primary N) is 1. The van der Waals surface area contributed by atoms with Crippen LogP contribution >= 0.6 is 11.8 Å². The molecule has 6 rings (SSSR count). The number of carboxylic acids is 4. The van der Waals surface area contributed by atoms with Gasteiger partial charge in [0, 0.05) is 139 Å². The Morgan fingerprint density at radius 3 is 1.66 bits per heavy atom. The maximum atomic E-state index is 15.1. The molecule has 1 aromatic heterocycles. The fraction of sp³-hybridized carbons (Fsp3) is 0.529. The Morgan fingerprint density at radius 2 is 1.09 bits per heavy atom. The standard InChI is InChI=1S/C68H96N14O18S.Lu/c1-43(83)61-66(97)76-54(35-44-12-4-3-5-13-44)67(98)78(2)55(65(96)75-52(34-45-18-20-47(84)21-19-45)63(94)74-53(36-46-37-71-49-15-7-6-14-48(46)49)64(95)73-50(62(93)77-61)16-8-10-23-69)22-33-101-42-57(86)70-24-11-9-17-51(68(99)100)72-56(85)38-79-25-27-80(39-58(87)88)29-31-82(41-60(91)92)32-30-81(28-26-79)40-59(89)90;/h3-7,12-15,18-21,37,43,50-55,61,71,83-84H,8-11,16-17,22-36,38-42,69H2,1-2H3,(H,70,86)(H,72,85)(H,73,95)(H,74,94)(H,75,96)(H,76,97)(H,77,93)(H,87,88)(H,89,90)(H,91,92)(H,99,100);/t43-,50+,51-,52+,53-,54+,55+,61+;/m1./s1. The van der Waals surface area contributed by atoms with E-state index < -0.39 is 120 Å². The number of carbonyl (C=O) groups is 12. The summed E-state index contributed by atoms with van der Waals surface area (Å²) in [5.41, 5.74) is 8.23. The van der Waals surface area contributed by atoms with Crippen LogP contribution in [0.4, 0.5) is 0 Å². The zero-order valence-electron chi connectivity index (χ0n) is 57.1. The molecule has 2 saturated heterocycles. The van der Waals surface area contributed by atoms with Gasteiger partial charge in [-0.2, -0.15) is 11.8 Å². The number of phenols is 1. The number of carboxylic acid groups (broad SMARTS) is 4. The van der Waals surface area contributed by atoms with E-state index in [1.165, 1.54) is 38.2 Å². The maximum absolute atomic E-state index is 15.1. The van der Waals surface area contributed by atoms with Gasteiger partial charge in [-0.05, 0) is 99.1 Å². The van der Waals surface area contributed by atoms with Crippen LogP contribution < -0.4 is 43.0 Å². The van der Waals surface area contributed by atoms with Crippen molar-refractivity contribution < 1.29 is 125 Å². The van der Waals surface area contributed by atoms with Crippen LogP contribution in [0.3, 0.4) is 0 Å². The largest absolute Gasteiger partial charge is 0.508 e. The number of nitrogens with one attached hydrogen (secondary N) is 8. The summed E-state index contributed by atoms with van der Waals surface area (Å²) in [7, 11) is 1.34. The number of aromatic hydroxyl groups is 1. The van der Waals surface area contributed by atoms with Crippen LogP contribution in [0.25, 0.3) is 10.9 Å². The Kier molecular flexibility index (Phi) is 36.4. The van der Waals surface area contributed by atoms with Gasteiger partial charge < -0.3 is 83.5 Å². The van der Waals surface area contributed by atoms with Crippen molar-refractivity contribution in [3.63, 3.8) is 0 Å². The van der Waals surface area contributed by atoms with Crippen molar-refractivity contribution in [1.29, 1.82) is 0 Å². The summed E-state index contributed by atoms with van der Waals surface area (Å²) in [4.78, 5) is 174. The average molecular weight is 1600 g/mol. The summed E-state index contributed by atoms with van der Waals surface area (Å²) < 4.78 is 0. The Bertz CT molecular complexity index is 3420. The van der Waals surface area contributed by atoms with E-state index in [1.54, 1.807) is 62.2 Å². The minimum absolute atomic E-state index is 0. The first-order valence-corrected chi connectivity index (χ1v) is 34.9. The second-order valence-electron chi connectivity index (χ2n) is 25.3. The third-order valence-corrected chi connectivity index (χ3v) is 18.4. The Labute approximate surface area is 624 Å². The van der Waals surface area contributed by atoms with Crippen LogP contribution in [0.15, 0.2) is 85.1 Å². The predicted molar refractivity (Wildman–Crippen MR) is 372 cm³/mol. The fourth-order valence-corrected chi connectivity index (χ4v) is 12.7. The molecule has 8 atom stereocenters. The summed E-state index contributed by atoms with van der Waals surface area (Å²) in [6.07, 6.45) is 0.828. The summed E-state index contributed by atoms with van der Waals surface area (Å²) in [5, 5.41) is 79.9. The van der Waals surface area contributed by atoms with Gasteiger partial charge >= 0.3 is 23.9 Å². The van der Waals surface area contributed by atoms with E-state index in [0.717, 1.165) is 27.6 Å². The van der Waals surface area contributed by atoms with E-state index in [9.17, 15) is 73.8 Å². The normalized spacial score (nSPS) is 20.8. The van der Waals surface area contributed by atoms with Crippen molar-refractivity contribution in [1.82, 2.24) is 66.7 Å². The van der Waals surface area contributed by atoms with Gasteiger partial charge in [-0.1, -0.05) is 60.7 Å². The van der Waals surface area contributed by atoms with Crippen LogP contribution in [0.5, 0.6) is 5.75 Å². The molecule has 102 heavy (non-hydrogen) atoms. The van der Waals surface area contributed by atoms with E-state index in [1.807, 2.05) is 18.2 Å². The van der Waals surface area contributed by atoms with Gasteiger partial charge in [0.2, 0.25) is 47.3 Å². The number of carbonyl (C=O) groups excluding carboxylic acids is 8. The number of hydrogen-bond donors (Lipinski definition) is 15. The number of aliphatic carboxylic acids is 4. The molecule has 0 aliphatic carbocycles. The Hall–Kier alpha value is -8.02. The van der Waals surface area contributed by atoms with Gasteiger partial charge in [0.25, 0.3) is 0 Å². The van der Waals surface area contributed by atoms with Crippen LogP contribution in [0.2, 0.25) is 0 Å². The molecule has 3 aromatic carbocycles. The number of likely N-dealkylation sites (N-methyl/N-ethyl adjacent to an activating group) is 1. The molecule has 2 fully saturated rings. The molecule has 2 aliphatic heterocycles. The number of rotatable bonds is 31. The van der Waals surface area contributed by atoms with Crippen molar-refractivity contribution in [3.05, 3.63) is 102 Å². The summed E-state index contributed by atoms with van der Waals surface area (Å²) in [5.74, 6) is -11.0. The topological polar surface area (TPSA) is 468 Å². The quantitative estimate of drug-likeness (QED) is 0.0246. The number of amides is 8. The molecule has 32 nitrogen and oxygen atoms in total. The van der Waals surface area contributed by atoms with Crippen molar-refractivity contribution in [2.24, 2.45) is 5.73 Å². The molecule has 4 aromatic rings. The first-order chi connectivity index (χ1) is 48.3. The number of para-hydroxylation sites is 1. The van der Waals surface area contributed by atoms with Gasteiger partial charge in [0.1, 0.15) is 48.0 Å². The number of hydrogen-bond acceptors (Lipinski definition) is 20. The van der Waals surface area contributed by atoms with Crippen molar-refractivity contribution >= 4 is 93.8 Å². The first-order valence-electron chi connectivity index (χ1n) is 33.7. The number of benzene rings is 3. The maximum Gasteiger partial charge on any atom is 0.326 e. The van der Waals surface area contributed by atoms with E-state index in [0.29, 0.717) is 29.5 Å². The number of aromatic nitrogens is 1. The van der Waals surface area contributed by atoms with E-state index in [4.69, 9.17) is 5.73 Å². The van der Waals surface area contributed by atoms with Crippen molar-refractivity contribution in [2.75, 3.05) is 110 Å². The molecular weight excluding hydrogens is 1510 g/mol. The number of thioether (sulfide) groups is 1. The van der Waals surface area contributed by atoms with Crippen LogP contribution in [0, 0.1) is 36.9 Å². The molecule has 16 N–H and O–H groups in total. The molecule has 8 amide bonds. The molecule has 3 heterocycles. The Balaban J connectivity index is 0.0000187. The van der Waals surface area contributed by atoms with E-state index in [-0.39, 0.29) is 197 Å². The summed E-state index contributed by atoms with van der Waals surface area (Å²) in [6.45, 7) is 1.43. The molecule has 2 aliphatic rings. The zero-order valence-corrected chi connectivity index (χ0v) is 59.6. The monoisotopic (exact) mass is 1600 g/mol. The van der Waals surface area contributed by atoms with Gasteiger partial charge in [0.05, 0.1) is 38.0 Å². The van der Waals surface area contributed by atoms with Crippen molar-refractivity contribution in [2.45, 2.75) is 120 Å². The zero-order chi connectivity index (χ0) is 73.5. The summed E-state index contributed by atoms with van der Waals surface area (Å²) in [6, 6.07) is 11.6. The number of aromatic amines is 1. The van der Waals surface area contributed by atoms with E-state index >= 15 is 14.4 Å². The van der Waals surface area contributed by atoms with E-state index in [2.05, 4.69) is 42.2 Å². The Morgan fingerprint density at radius 1 is 0.578 bits per heavy atom. The molecule has 0 bridgehead atoms. The van der Waals surface area contributed by atoms with Gasteiger partial charge in [0.15, 0.2) is 0 Å². The SMILES string of the molecule is C[C@@H](O)[C@@H]1NC(=O)[C@H](CCCCN)NC(=O)[C@@H](Cc2c[nH]c3ccccc23)NC(=O)[C@H](Cc2ccc(O)cc2)NC(=O)[C@H](CCSCC(=O)NCCCC[C@@H](NC(=O)CN2CCN(CC(=O)O)CCN(CC(=O)O)CCN(CC(=O)O)CC2)C(=O)O)N(C)C(=O)[C@H](Cc2ccccc2)NC1=O.[Lu]. The van der Waals surface area contributed by atoms with Gasteiger partial charge in [-0.15, -0.1) is 0 Å². The van der Waals surface area contributed by atoms with Gasteiger partial charge in [-0.25, -0.2) is 4.79 Å². The predicted octanol–water partition coefficient (Wildman–Crippen LogP) is -1.87. The number of aliphatic hydroxyl groups is 1. The third-order valence-electron chi connectivity index (χ3n) is 17.4. The molecular formula is C68H96LuN14O18S. The fourth-order valence-electron chi connectivity index (χ4n) is 11.8. The van der Waals surface area contributed by atoms with Crippen LogP contribution in [0.1, 0.15) is 68.6 Å². The summed E-state index contributed by atoms with van der Waals surface area (Å²) >= 11 is 1.10. The van der Waals surface area contributed by atoms with Crippen LogP contribution in [-0.4, -0.2) is 290 Å². The molecule has 567 valence electrons. The number of fused-ring (bicyclic) bond motifs is 1. The van der Waals surface area contributed by atoms with Gasteiger partial charge in [-0.3, -0.25) is 72.3 Å². The number of nitrogens with zero attached hydrogens (tertiary/aromatic N) is 5. The first kappa shape index (κ1) is 84.6. The molecule has 0 unspecified atom stereocenters. The van der Waals surface area contributed by atoms with Crippen LogP contribution in [-0.2, 0) is 76.8 Å². The number of aliphatic hydroxyl groups excluding tert-OH is 1. The number of phenolic OH excluding ortho intramolecular Hbond substituents is 1.